The quantitative estimate of drug-likeness (QED) is 0.926. The van der Waals surface area contributed by atoms with Crippen LogP contribution in [0.15, 0.2) is 30.6 Å². The van der Waals surface area contributed by atoms with Crippen molar-refractivity contribution in [2.45, 2.75) is 18.9 Å². The molecule has 3 nitrogen and oxygen atoms in total. The van der Waals surface area contributed by atoms with Crippen LogP contribution >= 0.6 is 11.6 Å². The molecule has 1 unspecified atom stereocenters. The van der Waals surface area contributed by atoms with E-state index in [1.165, 1.54) is 12.1 Å². The maximum absolute atomic E-state index is 13.2. The van der Waals surface area contributed by atoms with E-state index in [1.54, 1.807) is 12.3 Å². The van der Waals surface area contributed by atoms with Crippen molar-refractivity contribution in [3.8, 4) is 0 Å². The molecule has 5 heteroatoms. The summed E-state index contributed by atoms with van der Waals surface area (Å²) in [6, 6.07) is 4.10. The summed E-state index contributed by atoms with van der Waals surface area (Å²) in [5.41, 5.74) is 0.495. The van der Waals surface area contributed by atoms with Gasteiger partial charge in [0.2, 0.25) is 0 Å². The molecule has 0 amide bonds. The van der Waals surface area contributed by atoms with Gasteiger partial charge in [0.05, 0.1) is 6.10 Å². The van der Waals surface area contributed by atoms with Crippen molar-refractivity contribution in [2.75, 3.05) is 0 Å². The second kappa shape index (κ2) is 5.50. The first kappa shape index (κ1) is 13.1. The zero-order valence-corrected chi connectivity index (χ0v) is 10.7. The van der Waals surface area contributed by atoms with E-state index < -0.39 is 11.9 Å². The fourth-order valence-corrected chi connectivity index (χ4v) is 2.07. The van der Waals surface area contributed by atoms with Crippen LogP contribution < -0.4 is 0 Å². The normalized spacial score (nSPS) is 12.7. The summed E-state index contributed by atoms with van der Waals surface area (Å²) in [6.07, 6.45) is 3.92. The topological polar surface area (TPSA) is 38.0 Å². The fourth-order valence-electron chi connectivity index (χ4n) is 1.84. The number of benzene rings is 1. The van der Waals surface area contributed by atoms with Crippen molar-refractivity contribution in [3.05, 3.63) is 52.8 Å². The maximum Gasteiger partial charge on any atom is 0.125 e. The van der Waals surface area contributed by atoms with Gasteiger partial charge in [0.1, 0.15) is 11.6 Å². The molecular weight excluding hydrogens is 255 g/mol. The Bertz CT molecular complexity index is 521. The Balaban J connectivity index is 2.03. The van der Waals surface area contributed by atoms with E-state index in [0.29, 0.717) is 23.4 Å². The standard InChI is InChI=1S/C13H14ClFN2O/c1-17-5-4-16-13(17)3-2-12(18)9-6-10(14)8-11(15)7-9/h4-8,12,18H,2-3H2,1H3. The Morgan fingerprint density at radius 1 is 1.44 bits per heavy atom. The van der Waals surface area contributed by atoms with Crippen molar-refractivity contribution in [3.63, 3.8) is 0 Å². The van der Waals surface area contributed by atoms with Gasteiger partial charge in [-0.1, -0.05) is 11.6 Å². The van der Waals surface area contributed by atoms with Crippen LogP contribution in [0.5, 0.6) is 0 Å². The molecule has 0 bridgehead atoms. The predicted molar refractivity (Wildman–Crippen MR) is 67.9 cm³/mol. The monoisotopic (exact) mass is 268 g/mol. The van der Waals surface area contributed by atoms with Gasteiger partial charge in [-0.15, -0.1) is 0 Å². The summed E-state index contributed by atoms with van der Waals surface area (Å²) < 4.78 is 15.0. The van der Waals surface area contributed by atoms with E-state index in [1.807, 2.05) is 17.8 Å². The summed E-state index contributed by atoms with van der Waals surface area (Å²) in [6.45, 7) is 0. The number of imidazole rings is 1. The Hall–Kier alpha value is -1.39. The number of hydrogen-bond donors (Lipinski definition) is 1. The third-order valence-corrected chi connectivity index (χ3v) is 3.05. The molecule has 1 aromatic heterocycles. The lowest BCUT2D eigenvalue weighted by atomic mass is 10.0. The molecule has 2 aromatic rings. The van der Waals surface area contributed by atoms with Gasteiger partial charge >= 0.3 is 0 Å². The van der Waals surface area contributed by atoms with Crippen LogP contribution in [0.4, 0.5) is 4.39 Å². The van der Waals surface area contributed by atoms with Crippen LogP contribution in [0.2, 0.25) is 5.02 Å². The first-order valence-corrected chi connectivity index (χ1v) is 6.04. The van der Waals surface area contributed by atoms with Crippen LogP contribution in [0, 0.1) is 5.82 Å². The SMILES string of the molecule is Cn1ccnc1CCC(O)c1cc(F)cc(Cl)c1. The Kier molecular flexibility index (Phi) is 3.99. The second-order valence-corrected chi connectivity index (χ2v) is 4.65. The van der Waals surface area contributed by atoms with Crippen molar-refractivity contribution >= 4 is 11.6 Å². The number of rotatable bonds is 4. The van der Waals surface area contributed by atoms with Gasteiger partial charge in [-0.2, -0.15) is 0 Å². The van der Waals surface area contributed by atoms with E-state index in [2.05, 4.69) is 4.98 Å². The maximum atomic E-state index is 13.2. The highest BCUT2D eigenvalue weighted by atomic mass is 35.5. The first-order valence-electron chi connectivity index (χ1n) is 5.66. The molecule has 0 saturated heterocycles. The third kappa shape index (κ3) is 3.09. The fraction of sp³-hybridized carbons (Fsp3) is 0.308. The smallest absolute Gasteiger partial charge is 0.125 e. The Morgan fingerprint density at radius 3 is 2.83 bits per heavy atom. The average molecular weight is 269 g/mol. The van der Waals surface area contributed by atoms with Gasteiger partial charge < -0.3 is 9.67 Å². The number of aryl methyl sites for hydroxylation is 2. The number of nitrogens with zero attached hydrogens (tertiary/aromatic N) is 2. The van der Waals surface area contributed by atoms with E-state index in [4.69, 9.17) is 11.6 Å². The van der Waals surface area contributed by atoms with E-state index in [9.17, 15) is 9.50 Å². The molecule has 0 aliphatic carbocycles. The summed E-state index contributed by atoms with van der Waals surface area (Å²) in [7, 11) is 1.90. The minimum atomic E-state index is -0.741. The number of hydrogen-bond acceptors (Lipinski definition) is 2. The second-order valence-electron chi connectivity index (χ2n) is 4.21. The molecule has 1 atom stereocenters. The molecule has 1 aromatic carbocycles. The predicted octanol–water partition coefficient (Wildman–Crippen LogP) is 2.88. The van der Waals surface area contributed by atoms with Crippen LogP contribution in [0.3, 0.4) is 0 Å². The molecule has 0 saturated carbocycles. The number of aliphatic hydroxyl groups is 1. The lowest BCUT2D eigenvalue weighted by Crippen LogP contribution is -2.04. The highest BCUT2D eigenvalue weighted by molar-refractivity contribution is 6.30. The minimum Gasteiger partial charge on any atom is -0.388 e. The van der Waals surface area contributed by atoms with E-state index in [-0.39, 0.29) is 0 Å². The highest BCUT2D eigenvalue weighted by Gasteiger charge is 2.11. The Labute approximate surface area is 110 Å². The number of aromatic nitrogens is 2. The molecule has 0 aliphatic heterocycles. The molecule has 0 radical (unpaired) electrons. The first-order chi connectivity index (χ1) is 8.56. The summed E-state index contributed by atoms with van der Waals surface area (Å²) in [5.74, 6) is 0.449. The molecular formula is C13H14ClFN2O. The third-order valence-electron chi connectivity index (χ3n) is 2.83. The van der Waals surface area contributed by atoms with E-state index >= 15 is 0 Å². The van der Waals surface area contributed by atoms with Gasteiger partial charge in [-0.05, 0) is 30.2 Å². The average Bonchev–Trinajstić information content (AvgIpc) is 2.70. The largest absolute Gasteiger partial charge is 0.388 e. The summed E-state index contributed by atoms with van der Waals surface area (Å²) in [5, 5.41) is 10.3. The van der Waals surface area contributed by atoms with Gasteiger partial charge in [0.25, 0.3) is 0 Å². The molecule has 1 heterocycles. The molecule has 0 aliphatic rings. The highest BCUT2D eigenvalue weighted by Crippen LogP contribution is 2.23. The Morgan fingerprint density at radius 2 is 2.22 bits per heavy atom. The lowest BCUT2D eigenvalue weighted by molar-refractivity contribution is 0.166. The van der Waals surface area contributed by atoms with Crippen molar-refractivity contribution in [1.29, 1.82) is 0 Å². The molecule has 2 rings (SSSR count). The molecule has 0 fully saturated rings. The van der Waals surface area contributed by atoms with Crippen molar-refractivity contribution in [2.24, 2.45) is 7.05 Å². The molecule has 18 heavy (non-hydrogen) atoms. The van der Waals surface area contributed by atoms with Crippen LogP contribution in [-0.2, 0) is 13.5 Å². The van der Waals surface area contributed by atoms with Gasteiger partial charge in [-0.25, -0.2) is 9.37 Å². The van der Waals surface area contributed by atoms with Crippen LogP contribution in [0.25, 0.3) is 0 Å². The van der Waals surface area contributed by atoms with Gasteiger partial charge in [-0.3, -0.25) is 0 Å². The number of halogens is 2. The molecule has 0 spiro atoms. The van der Waals surface area contributed by atoms with E-state index in [0.717, 1.165) is 5.82 Å². The zero-order chi connectivity index (χ0) is 13.1. The molecule has 96 valence electrons. The number of aliphatic hydroxyl groups excluding tert-OH is 1. The van der Waals surface area contributed by atoms with Gasteiger partial charge in [0, 0.05) is 30.9 Å². The summed E-state index contributed by atoms with van der Waals surface area (Å²) >= 11 is 5.75. The zero-order valence-electron chi connectivity index (χ0n) is 9.98. The molecule has 1 N–H and O–H groups in total. The lowest BCUT2D eigenvalue weighted by Gasteiger charge is -2.11. The van der Waals surface area contributed by atoms with Crippen LogP contribution in [0.1, 0.15) is 23.9 Å². The summed E-state index contributed by atoms with van der Waals surface area (Å²) in [4.78, 5) is 4.17. The van der Waals surface area contributed by atoms with Crippen molar-refractivity contribution in [1.82, 2.24) is 9.55 Å². The minimum absolute atomic E-state index is 0.293. The van der Waals surface area contributed by atoms with Crippen molar-refractivity contribution < 1.29 is 9.50 Å². The van der Waals surface area contributed by atoms with Gasteiger partial charge in [0.15, 0.2) is 0 Å². The van der Waals surface area contributed by atoms with Crippen LogP contribution in [-0.4, -0.2) is 14.7 Å².